The van der Waals surface area contributed by atoms with E-state index in [1.54, 1.807) is 32.5 Å². The van der Waals surface area contributed by atoms with Crippen molar-refractivity contribution >= 4 is 34.1 Å². The maximum Gasteiger partial charge on any atom is 0.256 e. The van der Waals surface area contributed by atoms with Gasteiger partial charge in [-0.3, -0.25) is 4.79 Å². The fourth-order valence-corrected chi connectivity index (χ4v) is 6.43. The number of nitrogens with zero attached hydrogens (tertiary/aromatic N) is 6. The van der Waals surface area contributed by atoms with Crippen LogP contribution in [0.15, 0.2) is 18.5 Å². The lowest BCUT2D eigenvalue weighted by Gasteiger charge is -2.36. The molecule has 3 aliphatic rings. The number of carbonyl (C=O) groups excluding carboxylic acids is 1. The van der Waals surface area contributed by atoms with Crippen molar-refractivity contribution in [3.05, 3.63) is 24.3 Å². The van der Waals surface area contributed by atoms with Gasteiger partial charge in [-0.15, -0.1) is 0 Å². The number of H-pyrrole nitrogens is 1. The van der Waals surface area contributed by atoms with Gasteiger partial charge in [-0.1, -0.05) is 0 Å². The van der Waals surface area contributed by atoms with Crippen LogP contribution < -0.4 is 10.1 Å². The summed E-state index contributed by atoms with van der Waals surface area (Å²) in [6.45, 7) is 3.01. The number of aromatic nitrogens is 6. The summed E-state index contributed by atoms with van der Waals surface area (Å²) in [4.78, 5) is 36.2. The van der Waals surface area contributed by atoms with Crippen molar-refractivity contribution in [3.63, 3.8) is 0 Å². The first kappa shape index (κ1) is 23.3. The lowest BCUT2D eigenvalue weighted by Crippen LogP contribution is -2.47. The Balaban J connectivity index is 1.16. The Hall–Kier alpha value is -3.83. The highest BCUT2D eigenvalue weighted by atomic mass is 19.3. The molecule has 2 saturated carbocycles. The smallest absolute Gasteiger partial charge is 0.256 e. The number of ether oxygens (including phenoxy) is 1. The van der Waals surface area contributed by atoms with E-state index in [0.717, 1.165) is 44.3 Å². The molecule has 1 saturated heterocycles. The summed E-state index contributed by atoms with van der Waals surface area (Å²) in [6.07, 6.45) is 4.86. The highest BCUT2D eigenvalue weighted by Crippen LogP contribution is 2.68. The summed E-state index contributed by atoms with van der Waals surface area (Å²) >= 11 is 0. The van der Waals surface area contributed by atoms with Crippen LogP contribution in [0, 0.1) is 18.3 Å². The number of aryl methyl sites for hydroxylation is 1. The topological polar surface area (TPSA) is 114 Å². The van der Waals surface area contributed by atoms with E-state index >= 15 is 0 Å². The van der Waals surface area contributed by atoms with E-state index in [4.69, 9.17) is 4.74 Å². The molecule has 1 aliphatic heterocycles. The summed E-state index contributed by atoms with van der Waals surface area (Å²) in [5, 5.41) is 4.10. The van der Waals surface area contributed by atoms with Crippen LogP contribution in [0.4, 0.5) is 14.7 Å². The second-order valence-corrected chi connectivity index (χ2v) is 10.6. The molecule has 0 bridgehead atoms. The second kappa shape index (κ2) is 8.34. The largest absolute Gasteiger partial charge is 0.480 e. The number of aromatic amines is 1. The van der Waals surface area contributed by atoms with E-state index in [2.05, 4.69) is 30.2 Å². The van der Waals surface area contributed by atoms with Crippen molar-refractivity contribution in [3.8, 4) is 17.0 Å². The Bertz CT molecular complexity index is 1580. The molecule has 10 nitrogen and oxygen atoms in total. The van der Waals surface area contributed by atoms with Crippen LogP contribution in [0.1, 0.15) is 31.5 Å². The average Bonchev–Trinajstić information content (AvgIpc) is 3.36. The Labute approximate surface area is 216 Å². The van der Waals surface area contributed by atoms with E-state index in [-0.39, 0.29) is 11.5 Å². The van der Waals surface area contributed by atoms with Crippen molar-refractivity contribution in [2.24, 2.45) is 11.3 Å². The molecule has 4 aromatic heterocycles. The molecule has 2 N–H and O–H groups in total. The maximum atomic E-state index is 13.2. The molecular formula is C26H28F2N8O2. The molecule has 12 heteroatoms. The van der Waals surface area contributed by atoms with E-state index in [0.29, 0.717) is 57.2 Å². The zero-order valence-electron chi connectivity index (χ0n) is 21.2. The zero-order valence-corrected chi connectivity index (χ0v) is 21.2. The van der Waals surface area contributed by atoms with Gasteiger partial charge in [0, 0.05) is 42.7 Å². The molecule has 38 heavy (non-hydrogen) atoms. The molecular weight excluding hydrogens is 494 g/mol. The molecule has 0 radical (unpaired) electrons. The molecule has 4 aromatic rings. The highest BCUT2D eigenvalue weighted by Gasteiger charge is 2.72. The molecule has 7 rings (SSSR count). The van der Waals surface area contributed by atoms with Crippen molar-refractivity contribution in [1.29, 1.82) is 0 Å². The molecule has 198 valence electrons. The van der Waals surface area contributed by atoms with Crippen LogP contribution in [0.2, 0.25) is 0 Å². The number of nitrogens with one attached hydrogen (secondary N) is 2. The minimum atomic E-state index is -2.50. The van der Waals surface area contributed by atoms with Gasteiger partial charge < -0.3 is 24.5 Å². The fraction of sp³-hybridized carbons (Fsp3) is 0.500. The predicted octanol–water partition coefficient (Wildman–Crippen LogP) is 3.76. The number of anilines is 1. The highest BCUT2D eigenvalue weighted by molar-refractivity contribution is 5.98. The number of alkyl halides is 2. The number of hydrogen-bond donors (Lipinski definition) is 2. The van der Waals surface area contributed by atoms with Gasteiger partial charge in [0.15, 0.2) is 5.65 Å². The quantitative estimate of drug-likeness (QED) is 0.380. The first-order valence-corrected chi connectivity index (χ1v) is 13.0. The zero-order chi connectivity index (χ0) is 26.2. The van der Waals surface area contributed by atoms with Gasteiger partial charge in [0.1, 0.15) is 11.5 Å². The molecule has 1 unspecified atom stereocenters. The Kier molecular flexibility index (Phi) is 5.11. The predicted molar refractivity (Wildman–Crippen MR) is 136 cm³/mol. The number of hydrogen-bond acceptors (Lipinski definition) is 7. The third-order valence-electron chi connectivity index (χ3n) is 8.46. The number of imidazole rings is 1. The first-order valence-electron chi connectivity index (χ1n) is 13.0. The van der Waals surface area contributed by atoms with Crippen LogP contribution >= 0.6 is 0 Å². The number of carbonyl (C=O) groups is 1. The van der Waals surface area contributed by atoms with Crippen LogP contribution in [-0.4, -0.2) is 73.0 Å². The van der Waals surface area contributed by atoms with Crippen LogP contribution in [-0.2, 0) is 11.3 Å². The summed E-state index contributed by atoms with van der Waals surface area (Å²) in [5.41, 5.74) is 2.82. The standard InChI is InChI=1S/C26H28F2N8O2/c1-13-31-21-18(36(13)12-19(27)28)7-14(10-29-21)15-11-30-22-20(15)23(38-2)34-25(33-22)32-17-9-26(8-16(17)26)24(37)35-5-3-4-6-35/h7,10-11,16-17,19H,3-6,8-9,12H2,1-2H3,(H2,30,32,33,34)/t16?,17-,26+/m0/s1. The Morgan fingerprint density at radius 3 is 2.82 bits per heavy atom. The molecule has 5 heterocycles. The average molecular weight is 523 g/mol. The van der Waals surface area contributed by atoms with Crippen LogP contribution in [0.5, 0.6) is 5.88 Å². The van der Waals surface area contributed by atoms with Crippen molar-refractivity contribution < 1.29 is 18.3 Å². The summed E-state index contributed by atoms with van der Waals surface area (Å²) in [5.74, 6) is 1.95. The molecule has 0 spiro atoms. The number of pyridine rings is 1. The van der Waals surface area contributed by atoms with E-state index in [1.165, 1.54) is 4.57 Å². The van der Waals surface area contributed by atoms with Crippen molar-refractivity contribution in [2.75, 3.05) is 25.5 Å². The number of fused-ring (bicyclic) bond motifs is 3. The summed E-state index contributed by atoms with van der Waals surface area (Å²) in [7, 11) is 1.55. The SMILES string of the molecule is COc1nc(N[C@H]2C[C@]3(C(=O)N4CCCC4)CC23)nc2[nH]cc(-c3cnc4nc(C)n(CC(F)F)c4c3)c12. The third kappa shape index (κ3) is 3.45. The lowest BCUT2D eigenvalue weighted by atomic mass is 9.79. The molecule has 3 fully saturated rings. The van der Waals surface area contributed by atoms with E-state index in [1.807, 2.05) is 4.90 Å². The number of likely N-dealkylation sites (tertiary alicyclic amines) is 1. The minimum absolute atomic E-state index is 0.156. The second-order valence-electron chi connectivity index (χ2n) is 10.6. The first-order chi connectivity index (χ1) is 18.4. The maximum absolute atomic E-state index is 13.2. The number of halogens is 2. The minimum Gasteiger partial charge on any atom is -0.480 e. The van der Waals surface area contributed by atoms with Crippen molar-refractivity contribution in [2.45, 2.75) is 51.6 Å². The van der Waals surface area contributed by atoms with Gasteiger partial charge in [0.25, 0.3) is 6.43 Å². The fourth-order valence-electron chi connectivity index (χ4n) is 6.43. The Morgan fingerprint density at radius 2 is 2.08 bits per heavy atom. The Morgan fingerprint density at radius 1 is 1.26 bits per heavy atom. The number of amides is 1. The molecule has 0 aromatic carbocycles. The molecule has 1 amide bonds. The van der Waals surface area contributed by atoms with Crippen LogP contribution in [0.3, 0.4) is 0 Å². The van der Waals surface area contributed by atoms with Gasteiger partial charge in [-0.05, 0) is 44.6 Å². The normalized spacial score (nSPS) is 24.2. The van der Waals surface area contributed by atoms with Gasteiger partial charge in [-0.2, -0.15) is 9.97 Å². The molecule has 3 atom stereocenters. The molecule has 2 aliphatic carbocycles. The third-order valence-corrected chi connectivity index (χ3v) is 8.46. The van der Waals surface area contributed by atoms with E-state index < -0.39 is 13.0 Å². The number of methoxy groups -OCH3 is 1. The van der Waals surface area contributed by atoms with Gasteiger partial charge >= 0.3 is 0 Å². The monoisotopic (exact) mass is 522 g/mol. The summed E-state index contributed by atoms with van der Waals surface area (Å²) < 4.78 is 33.5. The lowest BCUT2D eigenvalue weighted by molar-refractivity contribution is -0.139. The number of rotatable bonds is 7. The van der Waals surface area contributed by atoms with Crippen molar-refractivity contribution in [1.82, 2.24) is 34.4 Å². The van der Waals surface area contributed by atoms with Gasteiger partial charge in [0.05, 0.1) is 30.0 Å². The van der Waals surface area contributed by atoms with E-state index in [9.17, 15) is 13.6 Å². The van der Waals surface area contributed by atoms with Gasteiger partial charge in [0.2, 0.25) is 17.7 Å². The summed E-state index contributed by atoms with van der Waals surface area (Å²) in [6, 6.07) is 1.96. The van der Waals surface area contributed by atoms with Crippen LogP contribution in [0.25, 0.3) is 33.3 Å². The van der Waals surface area contributed by atoms with Gasteiger partial charge in [-0.25, -0.2) is 18.7 Å².